The number of aliphatic carboxylic acids is 1. The van der Waals surface area contributed by atoms with Crippen LogP contribution in [0.1, 0.15) is 22.9 Å². The van der Waals surface area contributed by atoms with E-state index in [0.29, 0.717) is 27.9 Å². The Morgan fingerprint density at radius 3 is 2.39 bits per heavy atom. The van der Waals surface area contributed by atoms with Crippen molar-refractivity contribution in [3.8, 4) is 28.3 Å². The van der Waals surface area contributed by atoms with E-state index in [-0.39, 0.29) is 29.5 Å². The van der Waals surface area contributed by atoms with E-state index in [1.165, 1.54) is 24.4 Å². The molecule has 2 aromatic heterocycles. The summed E-state index contributed by atoms with van der Waals surface area (Å²) in [5, 5.41) is 8.99. The average molecular weight is 524 g/mol. The van der Waals surface area contributed by atoms with Crippen molar-refractivity contribution in [3.05, 3.63) is 89.7 Å². The van der Waals surface area contributed by atoms with Crippen LogP contribution >= 0.6 is 0 Å². The Morgan fingerprint density at radius 1 is 1.03 bits per heavy atom. The van der Waals surface area contributed by atoms with E-state index in [1.807, 2.05) is 0 Å². The number of benzene rings is 2. The fraction of sp³-hybridized carbons (Fsp3) is 0.185. The van der Waals surface area contributed by atoms with E-state index in [0.717, 1.165) is 0 Å². The van der Waals surface area contributed by atoms with Crippen LogP contribution in [0.5, 0.6) is 5.88 Å². The predicted octanol–water partition coefficient (Wildman–Crippen LogP) is 4.73. The average Bonchev–Trinajstić information content (AvgIpc) is 2.87. The van der Waals surface area contributed by atoms with Crippen LogP contribution in [0.4, 0.5) is 19.1 Å². The first-order valence-electron chi connectivity index (χ1n) is 11.5. The lowest BCUT2D eigenvalue weighted by Gasteiger charge is -2.24. The number of nitrogens with zero attached hydrogens (tertiary/aromatic N) is 3. The van der Waals surface area contributed by atoms with Gasteiger partial charge in [0.2, 0.25) is 17.9 Å². The number of rotatable bonds is 8. The molecule has 38 heavy (non-hydrogen) atoms. The number of carboxylic acid groups (broad SMARTS) is 1. The quantitative estimate of drug-likeness (QED) is 0.301. The van der Waals surface area contributed by atoms with Gasteiger partial charge < -0.3 is 21.3 Å². The third kappa shape index (κ3) is 6.24. The molecule has 5 N–H and O–H groups in total. The Hall–Kier alpha value is -4.51. The molecule has 0 saturated carbocycles. The highest BCUT2D eigenvalue weighted by molar-refractivity contribution is 5.73. The normalized spacial score (nSPS) is 13.1. The van der Waals surface area contributed by atoms with Gasteiger partial charge in [-0.1, -0.05) is 48.5 Å². The first-order valence-corrected chi connectivity index (χ1v) is 11.5. The van der Waals surface area contributed by atoms with E-state index in [1.54, 1.807) is 55.5 Å². The van der Waals surface area contributed by atoms with Crippen molar-refractivity contribution in [2.45, 2.75) is 31.7 Å². The molecule has 0 spiro atoms. The summed E-state index contributed by atoms with van der Waals surface area (Å²) in [6, 6.07) is 16.2. The number of hydrogen-bond donors (Lipinski definition) is 3. The van der Waals surface area contributed by atoms with Crippen LogP contribution in [0.15, 0.2) is 72.9 Å². The summed E-state index contributed by atoms with van der Waals surface area (Å²) in [7, 11) is 0. The number of hydrogen-bond acceptors (Lipinski definition) is 7. The molecule has 11 heteroatoms. The van der Waals surface area contributed by atoms with Crippen LogP contribution in [-0.4, -0.2) is 38.2 Å². The zero-order valence-corrected chi connectivity index (χ0v) is 20.2. The van der Waals surface area contributed by atoms with E-state index < -0.39 is 24.3 Å². The monoisotopic (exact) mass is 523 g/mol. The number of halogens is 3. The molecule has 4 rings (SSSR count). The van der Waals surface area contributed by atoms with Crippen molar-refractivity contribution in [3.63, 3.8) is 0 Å². The molecule has 2 heterocycles. The summed E-state index contributed by atoms with van der Waals surface area (Å²) in [4.78, 5) is 23.1. The molecule has 2 atom stereocenters. The Morgan fingerprint density at radius 2 is 1.74 bits per heavy atom. The highest BCUT2D eigenvalue weighted by Crippen LogP contribution is 2.41. The van der Waals surface area contributed by atoms with Crippen molar-refractivity contribution >= 4 is 11.9 Å². The minimum Gasteiger partial charge on any atom is -0.480 e. The topological polar surface area (TPSA) is 137 Å². The summed E-state index contributed by atoms with van der Waals surface area (Å²) >= 11 is 0. The summed E-state index contributed by atoms with van der Waals surface area (Å²) in [5.74, 6) is -1.75. The van der Waals surface area contributed by atoms with Gasteiger partial charge in [-0.25, -0.2) is 4.98 Å². The minimum absolute atomic E-state index is 0.0940. The van der Waals surface area contributed by atoms with Gasteiger partial charge in [0, 0.05) is 29.1 Å². The maximum atomic E-state index is 14.3. The first kappa shape index (κ1) is 26.6. The maximum Gasteiger partial charge on any atom is 0.429 e. The van der Waals surface area contributed by atoms with Crippen LogP contribution in [0.3, 0.4) is 0 Å². The standard InChI is InChI=1S/C27H24F3N5O3/c1-15-12-18(10-11-33-15)19-4-2-3-5-20(19)24(27(28,29)30)38-23-14-22(34-26(32)35-23)17-8-6-16(7-9-17)13-21(31)25(36)37/h2-12,14,21,24H,13,31H2,1H3,(H,36,37)(H2,32,34,35). The van der Waals surface area contributed by atoms with Gasteiger partial charge in [0.25, 0.3) is 0 Å². The van der Waals surface area contributed by atoms with Crippen molar-refractivity contribution in [2.24, 2.45) is 5.73 Å². The lowest BCUT2D eigenvalue weighted by Crippen LogP contribution is -2.32. The largest absolute Gasteiger partial charge is 0.480 e. The molecule has 196 valence electrons. The second-order valence-corrected chi connectivity index (χ2v) is 8.61. The molecular formula is C27H24F3N5O3. The number of ether oxygens (including phenoxy) is 1. The minimum atomic E-state index is -4.78. The molecule has 4 aromatic rings. The number of aromatic nitrogens is 3. The van der Waals surface area contributed by atoms with E-state index >= 15 is 0 Å². The Bertz CT molecular complexity index is 1440. The van der Waals surface area contributed by atoms with E-state index in [2.05, 4.69) is 15.0 Å². The molecule has 0 amide bonds. The third-order valence-corrected chi connectivity index (χ3v) is 5.73. The zero-order valence-electron chi connectivity index (χ0n) is 20.2. The van der Waals surface area contributed by atoms with Crippen molar-refractivity contribution in [2.75, 3.05) is 5.73 Å². The van der Waals surface area contributed by atoms with Crippen LogP contribution in [-0.2, 0) is 11.2 Å². The highest BCUT2D eigenvalue weighted by atomic mass is 19.4. The number of carbonyl (C=O) groups is 1. The molecule has 0 fully saturated rings. The molecule has 2 aromatic carbocycles. The summed E-state index contributed by atoms with van der Waals surface area (Å²) < 4.78 is 48.4. The number of nitrogen functional groups attached to an aromatic ring is 1. The van der Waals surface area contributed by atoms with Gasteiger partial charge in [-0.05, 0) is 42.2 Å². The molecular weight excluding hydrogens is 499 g/mol. The number of pyridine rings is 1. The molecule has 8 nitrogen and oxygen atoms in total. The molecule has 0 aliphatic carbocycles. The number of aryl methyl sites for hydroxylation is 1. The van der Waals surface area contributed by atoms with Crippen LogP contribution in [0.25, 0.3) is 22.4 Å². The second kappa shape index (κ2) is 10.9. The van der Waals surface area contributed by atoms with Gasteiger partial charge >= 0.3 is 12.1 Å². The second-order valence-electron chi connectivity index (χ2n) is 8.61. The van der Waals surface area contributed by atoms with Gasteiger partial charge in [-0.3, -0.25) is 9.78 Å². The van der Waals surface area contributed by atoms with E-state index in [9.17, 15) is 18.0 Å². The van der Waals surface area contributed by atoms with Crippen LogP contribution < -0.4 is 16.2 Å². The summed E-state index contributed by atoms with van der Waals surface area (Å²) in [6.07, 6.45) is -5.47. The molecule has 0 aliphatic rings. The fourth-order valence-electron chi connectivity index (χ4n) is 3.93. The lowest BCUT2D eigenvalue weighted by atomic mass is 9.96. The number of carboxylic acids is 1. The molecule has 0 aliphatic heterocycles. The number of nitrogens with two attached hydrogens (primary N) is 2. The lowest BCUT2D eigenvalue weighted by molar-refractivity contribution is -0.198. The highest BCUT2D eigenvalue weighted by Gasteiger charge is 2.44. The van der Waals surface area contributed by atoms with Crippen LogP contribution in [0, 0.1) is 6.92 Å². The van der Waals surface area contributed by atoms with Gasteiger partial charge in [-0.2, -0.15) is 18.2 Å². The number of anilines is 1. The SMILES string of the molecule is Cc1cc(-c2ccccc2C(Oc2cc(-c3ccc(CC(N)C(=O)O)cc3)nc(N)n2)C(F)(F)F)ccn1. The molecule has 0 saturated heterocycles. The van der Waals surface area contributed by atoms with Gasteiger partial charge in [-0.15, -0.1) is 0 Å². The van der Waals surface area contributed by atoms with Gasteiger partial charge in [0.15, 0.2) is 0 Å². The Kier molecular flexibility index (Phi) is 7.58. The Balaban J connectivity index is 1.68. The smallest absolute Gasteiger partial charge is 0.429 e. The summed E-state index contributed by atoms with van der Waals surface area (Å²) in [5.41, 5.74) is 14.3. The zero-order chi connectivity index (χ0) is 27.4. The van der Waals surface area contributed by atoms with Gasteiger partial charge in [0.05, 0.1) is 5.69 Å². The maximum absolute atomic E-state index is 14.3. The van der Waals surface area contributed by atoms with E-state index in [4.69, 9.17) is 21.3 Å². The fourth-order valence-corrected chi connectivity index (χ4v) is 3.93. The summed E-state index contributed by atoms with van der Waals surface area (Å²) in [6.45, 7) is 1.75. The van der Waals surface area contributed by atoms with Crippen molar-refractivity contribution in [1.82, 2.24) is 15.0 Å². The molecule has 0 radical (unpaired) electrons. The van der Waals surface area contributed by atoms with Crippen LogP contribution in [0.2, 0.25) is 0 Å². The Labute approximate surface area is 216 Å². The van der Waals surface area contributed by atoms with Gasteiger partial charge in [0.1, 0.15) is 6.04 Å². The third-order valence-electron chi connectivity index (χ3n) is 5.73. The predicted molar refractivity (Wildman–Crippen MR) is 135 cm³/mol. The van der Waals surface area contributed by atoms with Crippen molar-refractivity contribution < 1.29 is 27.8 Å². The first-order chi connectivity index (χ1) is 18.0. The number of alkyl halides is 3. The molecule has 2 unspecified atom stereocenters. The van der Waals surface area contributed by atoms with Crippen molar-refractivity contribution in [1.29, 1.82) is 0 Å². The molecule has 0 bridgehead atoms.